The number of nitrogens with zero attached hydrogens (tertiary/aromatic N) is 2. The van der Waals surface area contributed by atoms with E-state index in [9.17, 15) is 17.2 Å². The highest BCUT2D eigenvalue weighted by molar-refractivity contribution is 9.10. The first-order chi connectivity index (χ1) is 15.1. The molecule has 0 bridgehead atoms. The van der Waals surface area contributed by atoms with Gasteiger partial charge in [-0.25, -0.2) is 18.8 Å². The van der Waals surface area contributed by atoms with Crippen molar-refractivity contribution in [3.63, 3.8) is 0 Å². The van der Waals surface area contributed by atoms with E-state index in [1.165, 1.54) is 12.1 Å². The topological polar surface area (TPSA) is 133 Å². The molecule has 182 valence electrons. The number of aliphatic imine (C=N–C) groups is 2. The number of aliphatic hydroxyl groups excluding tert-OH is 1. The van der Waals surface area contributed by atoms with Crippen molar-refractivity contribution in [1.29, 1.82) is 0 Å². The van der Waals surface area contributed by atoms with Crippen LogP contribution >= 0.6 is 15.9 Å². The van der Waals surface area contributed by atoms with E-state index in [2.05, 4.69) is 25.9 Å². The van der Waals surface area contributed by atoms with Crippen LogP contribution in [0.4, 0.5) is 8.78 Å². The standard InChI is InChI=1S/C11H12BrNO4S.C5H8FNO.C3H8FNO/c1-8-13-10(6-16-8)7-17-18(14,15)11-4-2-9(12)3-5-11;1-4-7-5(2-6)3-8-4;4-1-3(5)2-6/h2-5,10H,6-7H2,1H3;5H,2-3H2,1H3;3,6H,1-2,5H2/t10-;5-;3-/m011/s1/i;6-1;4-1. The van der Waals surface area contributed by atoms with Crippen molar-refractivity contribution >= 4 is 37.8 Å². The number of hydrogen-bond acceptors (Lipinski definition) is 9. The fourth-order valence-electron chi connectivity index (χ4n) is 2.15. The van der Waals surface area contributed by atoms with Crippen molar-refractivity contribution in [2.75, 3.05) is 39.8 Å². The second kappa shape index (κ2) is 14.5. The average Bonchev–Trinajstić information content (AvgIpc) is 3.40. The number of alkyl halides is 2. The highest BCUT2D eigenvalue weighted by Crippen LogP contribution is 2.17. The molecule has 1 aromatic rings. The second-order valence-corrected chi connectivity index (χ2v) is 9.20. The molecule has 2 aliphatic rings. The number of hydrogen-bond donors (Lipinski definition) is 2. The third-order valence-corrected chi connectivity index (χ3v) is 5.65. The Bertz CT molecular complexity index is 851. The Kier molecular flexibility index (Phi) is 12.8. The highest BCUT2D eigenvalue weighted by atomic mass is 79.9. The molecule has 0 aliphatic carbocycles. The molecule has 1 aromatic carbocycles. The Balaban J connectivity index is 0.000000301. The van der Waals surface area contributed by atoms with Crippen molar-refractivity contribution in [3.05, 3.63) is 28.7 Å². The quantitative estimate of drug-likeness (QED) is 0.504. The molecule has 0 saturated heterocycles. The van der Waals surface area contributed by atoms with Crippen molar-refractivity contribution in [2.45, 2.75) is 36.9 Å². The van der Waals surface area contributed by atoms with E-state index in [0.29, 0.717) is 25.0 Å². The molecule has 9 nitrogen and oxygen atoms in total. The molecule has 2 heterocycles. The Labute approximate surface area is 194 Å². The van der Waals surface area contributed by atoms with Crippen molar-refractivity contribution < 1.29 is 36.0 Å². The molecule has 3 atom stereocenters. The summed E-state index contributed by atoms with van der Waals surface area (Å²) in [6.45, 7) is 2.92. The maximum atomic E-state index is 11.9. The molecule has 32 heavy (non-hydrogen) atoms. The number of halogens is 3. The highest BCUT2D eigenvalue weighted by Gasteiger charge is 2.21. The van der Waals surface area contributed by atoms with E-state index in [4.69, 9.17) is 24.5 Å². The fraction of sp³-hybridized carbons (Fsp3) is 0.579. The van der Waals surface area contributed by atoms with Crippen LogP contribution in [0.3, 0.4) is 0 Å². The summed E-state index contributed by atoms with van der Waals surface area (Å²) in [5.74, 6) is 1.16. The van der Waals surface area contributed by atoms with Crippen LogP contribution in [-0.4, -0.2) is 83.2 Å². The van der Waals surface area contributed by atoms with Gasteiger partial charge in [-0.1, -0.05) is 15.9 Å². The minimum Gasteiger partial charge on any atom is -0.479 e. The average molecular weight is 542 g/mol. The van der Waals surface area contributed by atoms with Crippen molar-refractivity contribution in [3.8, 4) is 0 Å². The molecule has 13 heteroatoms. The Morgan fingerprint density at radius 3 is 2.03 bits per heavy atom. The molecule has 2 aliphatic heterocycles. The van der Waals surface area contributed by atoms with Crippen molar-refractivity contribution in [1.82, 2.24) is 0 Å². The van der Waals surface area contributed by atoms with E-state index < -0.39 is 29.5 Å². The van der Waals surface area contributed by atoms with Gasteiger partial charge in [0.25, 0.3) is 10.1 Å². The van der Waals surface area contributed by atoms with Crippen LogP contribution < -0.4 is 5.73 Å². The van der Waals surface area contributed by atoms with Gasteiger partial charge in [0.1, 0.15) is 38.6 Å². The van der Waals surface area contributed by atoms with Gasteiger partial charge in [0.2, 0.25) is 0 Å². The van der Waals surface area contributed by atoms with Gasteiger partial charge in [0.15, 0.2) is 11.8 Å². The van der Waals surface area contributed by atoms with Crippen LogP contribution in [0, 0.1) is 0 Å². The largest absolute Gasteiger partial charge is 0.479 e. The summed E-state index contributed by atoms with van der Waals surface area (Å²) >= 11 is 3.24. The lowest BCUT2D eigenvalue weighted by atomic mass is 10.4. The van der Waals surface area contributed by atoms with Gasteiger partial charge in [-0.05, 0) is 24.3 Å². The smallest absolute Gasteiger partial charge is 0.297 e. The van der Waals surface area contributed by atoms with E-state index in [1.807, 2.05) is 0 Å². The molecule has 3 N–H and O–H groups in total. The zero-order valence-corrected chi connectivity index (χ0v) is 20.2. The molecule has 0 spiro atoms. The number of nitrogens with two attached hydrogens (primary N) is 1. The zero-order chi connectivity index (χ0) is 24.1. The third kappa shape index (κ3) is 10.8. The summed E-state index contributed by atoms with van der Waals surface area (Å²) in [5.41, 5.74) is 4.85. The number of ether oxygens (including phenoxy) is 2. The SMILES string of the molecule is CC1=N[C@H](COS(=O)(=O)c2ccc(Br)cc2)CO1.CC1=N[C@H](C[18F])CO1.N[C@@H](CO)C[18F]. The van der Waals surface area contributed by atoms with E-state index in [-0.39, 0.29) is 30.2 Å². The number of rotatable bonds is 7. The molecular weight excluding hydrogens is 514 g/mol. The molecule has 3 rings (SSSR count). The summed E-state index contributed by atoms with van der Waals surface area (Å²) in [4.78, 5) is 8.05. The van der Waals surface area contributed by atoms with Crippen LogP contribution in [0.15, 0.2) is 43.6 Å². The van der Waals surface area contributed by atoms with Crippen LogP contribution in [0.2, 0.25) is 0 Å². The molecule has 0 radical (unpaired) electrons. The fourth-order valence-corrected chi connectivity index (χ4v) is 3.35. The molecule has 0 amide bonds. The molecule has 0 aromatic heterocycles. The summed E-state index contributed by atoms with van der Waals surface area (Å²) < 4.78 is 62.3. The first-order valence-electron chi connectivity index (χ1n) is 9.59. The van der Waals surface area contributed by atoms with Gasteiger partial charge in [-0.15, -0.1) is 0 Å². The molecule has 0 saturated carbocycles. The number of benzene rings is 1. The predicted octanol–water partition coefficient (Wildman–Crippen LogP) is 2.02. The number of aliphatic hydroxyl groups is 1. The Hall–Kier alpha value is -1.67. The summed E-state index contributed by atoms with van der Waals surface area (Å²) in [6, 6.07) is 5.11. The monoisotopic (exact) mass is 541 g/mol. The zero-order valence-electron chi connectivity index (χ0n) is 17.8. The van der Waals surface area contributed by atoms with Crippen LogP contribution in [0.5, 0.6) is 0 Å². The minimum absolute atomic E-state index is 0.00423. The van der Waals surface area contributed by atoms with E-state index in [0.717, 1.165) is 4.47 Å². The maximum Gasteiger partial charge on any atom is 0.297 e. The Morgan fingerprint density at radius 2 is 1.69 bits per heavy atom. The van der Waals surface area contributed by atoms with Gasteiger partial charge in [-0.3, -0.25) is 4.18 Å². The minimum atomic E-state index is -3.73. The first-order valence-corrected chi connectivity index (χ1v) is 11.8. The van der Waals surface area contributed by atoms with Crippen LogP contribution in [0.1, 0.15) is 13.8 Å². The summed E-state index contributed by atoms with van der Waals surface area (Å²) in [5, 5.41) is 7.97. The van der Waals surface area contributed by atoms with Gasteiger partial charge in [-0.2, -0.15) is 8.42 Å². The normalized spacial score (nSPS) is 20.5. The van der Waals surface area contributed by atoms with E-state index in [1.54, 1.807) is 26.0 Å². The Morgan fingerprint density at radius 1 is 1.16 bits per heavy atom. The summed E-state index contributed by atoms with van der Waals surface area (Å²) in [6.07, 6.45) is 0. The molecular formula is C19H28BrF2N3O6S. The van der Waals surface area contributed by atoms with Crippen LogP contribution in [-0.2, 0) is 23.8 Å². The van der Waals surface area contributed by atoms with Gasteiger partial charge >= 0.3 is 0 Å². The predicted molar refractivity (Wildman–Crippen MR) is 120 cm³/mol. The third-order valence-electron chi connectivity index (χ3n) is 3.83. The molecule has 0 fully saturated rings. The molecule has 0 unspecified atom stereocenters. The van der Waals surface area contributed by atoms with Gasteiger partial charge in [0, 0.05) is 18.3 Å². The van der Waals surface area contributed by atoms with E-state index >= 15 is 0 Å². The van der Waals surface area contributed by atoms with Gasteiger partial charge in [0.05, 0.1) is 24.2 Å². The lowest BCUT2D eigenvalue weighted by molar-refractivity contribution is 0.242. The maximum absolute atomic E-state index is 11.9. The summed E-state index contributed by atoms with van der Waals surface area (Å²) in [7, 11) is -3.73. The lowest BCUT2D eigenvalue weighted by Crippen LogP contribution is -2.26. The van der Waals surface area contributed by atoms with Crippen molar-refractivity contribution in [2.24, 2.45) is 15.7 Å². The van der Waals surface area contributed by atoms with Gasteiger partial charge < -0.3 is 20.3 Å². The lowest BCUT2D eigenvalue weighted by Gasteiger charge is -2.07. The second-order valence-electron chi connectivity index (χ2n) is 6.67. The van der Waals surface area contributed by atoms with Crippen LogP contribution in [0.25, 0.3) is 0 Å². The first kappa shape index (κ1) is 28.4.